The van der Waals surface area contributed by atoms with E-state index in [1.54, 1.807) is 0 Å². The molecule has 1 aromatic carbocycles. The lowest BCUT2D eigenvalue weighted by Crippen LogP contribution is -2.39. The van der Waals surface area contributed by atoms with Crippen LogP contribution in [-0.2, 0) is 13.0 Å². The van der Waals surface area contributed by atoms with Gasteiger partial charge < -0.3 is 10.6 Å². The molecule has 25 heavy (non-hydrogen) atoms. The highest BCUT2D eigenvalue weighted by Gasteiger charge is 2.18. The molecule has 0 bridgehead atoms. The number of hydrogen-bond acceptors (Lipinski definition) is 2. The first kappa shape index (κ1) is 19.0. The Kier molecular flexibility index (Phi) is 7.51. The van der Waals surface area contributed by atoms with Crippen molar-refractivity contribution in [3.05, 3.63) is 54.4 Å². The van der Waals surface area contributed by atoms with E-state index in [9.17, 15) is 0 Å². The first-order valence-corrected chi connectivity index (χ1v) is 9.12. The van der Waals surface area contributed by atoms with Crippen LogP contribution < -0.4 is 10.6 Å². The molecule has 0 atom stereocenters. The van der Waals surface area contributed by atoms with Crippen molar-refractivity contribution in [1.29, 1.82) is 0 Å². The van der Waals surface area contributed by atoms with Crippen LogP contribution in [0.15, 0.2) is 53.8 Å². The highest BCUT2D eigenvalue weighted by atomic mass is 15.3. The highest BCUT2D eigenvalue weighted by molar-refractivity contribution is 5.79. The van der Waals surface area contributed by atoms with E-state index in [0.717, 1.165) is 45.0 Å². The lowest BCUT2D eigenvalue weighted by Gasteiger charge is -2.23. The van der Waals surface area contributed by atoms with Crippen molar-refractivity contribution >= 4 is 5.96 Å². The first-order valence-electron chi connectivity index (χ1n) is 9.12. The number of hydrogen-bond donors (Lipinski definition) is 2. The first-order chi connectivity index (χ1) is 12.1. The molecule has 0 aliphatic carbocycles. The zero-order valence-electron chi connectivity index (χ0n) is 15.7. The van der Waals surface area contributed by atoms with Gasteiger partial charge in [0.05, 0.1) is 0 Å². The van der Waals surface area contributed by atoms with Gasteiger partial charge in [-0.1, -0.05) is 44.2 Å². The van der Waals surface area contributed by atoms with Crippen LogP contribution in [0.2, 0.25) is 0 Å². The second-order valence-corrected chi connectivity index (χ2v) is 7.07. The summed E-state index contributed by atoms with van der Waals surface area (Å²) in [6, 6.07) is 12.6. The Morgan fingerprint density at radius 3 is 2.64 bits per heavy atom. The summed E-state index contributed by atoms with van der Waals surface area (Å²) < 4.78 is 1.95. The molecule has 0 radical (unpaired) electrons. The normalized spacial score (nSPS) is 12.2. The monoisotopic (exact) mass is 341 g/mol. The molecule has 0 saturated heterocycles. The van der Waals surface area contributed by atoms with Gasteiger partial charge in [-0.15, -0.1) is 0 Å². The van der Waals surface area contributed by atoms with Gasteiger partial charge in [0.25, 0.3) is 0 Å². The molecular weight excluding hydrogens is 310 g/mol. The second-order valence-electron chi connectivity index (χ2n) is 7.07. The van der Waals surface area contributed by atoms with E-state index in [1.165, 1.54) is 5.56 Å². The number of nitrogens with one attached hydrogen (secondary N) is 2. The van der Waals surface area contributed by atoms with Crippen molar-refractivity contribution in [2.75, 3.05) is 19.6 Å². The minimum Gasteiger partial charge on any atom is -0.357 e. The molecule has 0 spiro atoms. The van der Waals surface area contributed by atoms with Crippen molar-refractivity contribution in [3.8, 4) is 0 Å². The van der Waals surface area contributed by atoms with Crippen LogP contribution in [0, 0.1) is 5.41 Å². The number of guanidine groups is 1. The Morgan fingerprint density at radius 2 is 1.96 bits per heavy atom. The average molecular weight is 342 g/mol. The Morgan fingerprint density at radius 1 is 1.16 bits per heavy atom. The predicted molar refractivity (Wildman–Crippen MR) is 105 cm³/mol. The summed E-state index contributed by atoms with van der Waals surface area (Å²) in [6.45, 7) is 10.1. The van der Waals surface area contributed by atoms with Gasteiger partial charge in [0.15, 0.2) is 5.96 Å². The van der Waals surface area contributed by atoms with E-state index in [0.29, 0.717) is 0 Å². The van der Waals surface area contributed by atoms with Gasteiger partial charge in [0.1, 0.15) is 0 Å². The fraction of sp³-hybridized carbons (Fsp3) is 0.500. The van der Waals surface area contributed by atoms with Crippen molar-refractivity contribution in [2.45, 2.75) is 40.2 Å². The third-order valence-corrected chi connectivity index (χ3v) is 3.95. The van der Waals surface area contributed by atoms with Crippen LogP contribution in [0.5, 0.6) is 0 Å². The molecule has 0 fully saturated rings. The predicted octanol–water partition coefficient (Wildman–Crippen LogP) is 3.10. The van der Waals surface area contributed by atoms with Crippen molar-refractivity contribution in [3.63, 3.8) is 0 Å². The van der Waals surface area contributed by atoms with E-state index < -0.39 is 0 Å². The number of aryl methyl sites for hydroxylation is 1. The van der Waals surface area contributed by atoms with E-state index >= 15 is 0 Å². The molecular formula is C20H31N5. The molecule has 0 unspecified atom stereocenters. The fourth-order valence-corrected chi connectivity index (χ4v) is 2.72. The Hall–Kier alpha value is -2.30. The number of nitrogens with zero attached hydrogens (tertiary/aromatic N) is 3. The minimum absolute atomic E-state index is 0.124. The van der Waals surface area contributed by atoms with Crippen LogP contribution in [0.1, 0.15) is 32.8 Å². The van der Waals surface area contributed by atoms with Crippen LogP contribution in [0.3, 0.4) is 0 Å². The summed E-state index contributed by atoms with van der Waals surface area (Å²) in [5.74, 6) is 0.893. The summed E-state index contributed by atoms with van der Waals surface area (Å²) in [6.07, 6.45) is 5.84. The van der Waals surface area contributed by atoms with Gasteiger partial charge in [0, 0.05) is 38.6 Å². The molecule has 5 nitrogen and oxygen atoms in total. The largest absolute Gasteiger partial charge is 0.357 e. The highest BCUT2D eigenvalue weighted by Crippen LogP contribution is 2.22. The van der Waals surface area contributed by atoms with Crippen molar-refractivity contribution < 1.29 is 0 Å². The van der Waals surface area contributed by atoms with Crippen LogP contribution in [0.25, 0.3) is 0 Å². The van der Waals surface area contributed by atoms with Crippen molar-refractivity contribution in [2.24, 2.45) is 10.4 Å². The van der Waals surface area contributed by atoms with Gasteiger partial charge in [0.2, 0.25) is 0 Å². The van der Waals surface area contributed by atoms with Gasteiger partial charge in [-0.3, -0.25) is 9.67 Å². The maximum absolute atomic E-state index is 4.79. The zero-order chi connectivity index (χ0) is 18.0. The molecule has 1 aromatic heterocycles. The average Bonchev–Trinajstić information content (AvgIpc) is 3.10. The molecule has 2 aromatic rings. The molecule has 0 aliphatic heterocycles. The Balaban J connectivity index is 1.80. The number of rotatable bonds is 9. The van der Waals surface area contributed by atoms with Gasteiger partial charge in [-0.05, 0) is 36.8 Å². The molecule has 136 valence electrons. The topological polar surface area (TPSA) is 54.2 Å². The van der Waals surface area contributed by atoms with E-state index in [2.05, 4.69) is 66.8 Å². The van der Waals surface area contributed by atoms with Crippen LogP contribution in [0.4, 0.5) is 0 Å². The molecule has 0 aliphatic rings. The fourth-order valence-electron chi connectivity index (χ4n) is 2.72. The number of aromatic nitrogens is 2. The standard InChI is InChI=1S/C20H31N5/c1-4-21-19(22-12-8-14-25-15-9-13-24-25)23-17-20(2,3)16-18-10-6-5-7-11-18/h5-7,9-11,13,15H,4,8,12,14,16-17H2,1-3H3,(H2,21,22,23). The van der Waals surface area contributed by atoms with E-state index in [4.69, 9.17) is 4.99 Å². The number of aliphatic imine (C=N–C) groups is 1. The number of benzene rings is 1. The molecule has 1 heterocycles. The minimum atomic E-state index is 0.124. The summed E-state index contributed by atoms with van der Waals surface area (Å²) in [5.41, 5.74) is 1.48. The zero-order valence-corrected chi connectivity index (χ0v) is 15.7. The summed E-state index contributed by atoms with van der Waals surface area (Å²) >= 11 is 0. The van der Waals surface area contributed by atoms with Crippen molar-refractivity contribution in [1.82, 2.24) is 20.4 Å². The molecule has 2 rings (SSSR count). The lowest BCUT2D eigenvalue weighted by molar-refractivity contribution is 0.377. The van der Waals surface area contributed by atoms with E-state index in [-0.39, 0.29) is 5.41 Å². The molecule has 0 amide bonds. The second kappa shape index (κ2) is 9.87. The maximum atomic E-state index is 4.79. The Bertz CT molecular complexity index is 617. The van der Waals surface area contributed by atoms with E-state index in [1.807, 2.05) is 23.1 Å². The lowest BCUT2D eigenvalue weighted by atomic mass is 9.86. The third kappa shape index (κ3) is 7.42. The Labute approximate surface area is 151 Å². The quantitative estimate of drug-likeness (QED) is 0.419. The summed E-state index contributed by atoms with van der Waals surface area (Å²) in [7, 11) is 0. The van der Waals surface area contributed by atoms with Crippen LogP contribution >= 0.6 is 0 Å². The van der Waals surface area contributed by atoms with Gasteiger partial charge in [-0.2, -0.15) is 5.10 Å². The smallest absolute Gasteiger partial charge is 0.191 e. The molecule has 5 heteroatoms. The van der Waals surface area contributed by atoms with Gasteiger partial charge in [-0.25, -0.2) is 0 Å². The molecule has 2 N–H and O–H groups in total. The van der Waals surface area contributed by atoms with Gasteiger partial charge >= 0.3 is 0 Å². The molecule has 0 saturated carbocycles. The summed E-state index contributed by atoms with van der Waals surface area (Å²) in [4.78, 5) is 4.79. The summed E-state index contributed by atoms with van der Waals surface area (Å²) in [5, 5.41) is 11.0. The maximum Gasteiger partial charge on any atom is 0.191 e. The third-order valence-electron chi connectivity index (χ3n) is 3.95. The SMILES string of the molecule is CCNC(=NCC(C)(C)Cc1ccccc1)NCCCn1cccn1. The van der Waals surface area contributed by atoms with Crippen LogP contribution in [-0.4, -0.2) is 35.4 Å².